The lowest BCUT2D eigenvalue weighted by molar-refractivity contribution is -0.149. The number of methoxy groups -OCH3 is 1. The van der Waals surface area contributed by atoms with Gasteiger partial charge in [0.25, 0.3) is 0 Å². The number of benzene rings is 1. The van der Waals surface area contributed by atoms with E-state index in [9.17, 15) is 5.11 Å². The molecule has 0 aromatic heterocycles. The summed E-state index contributed by atoms with van der Waals surface area (Å²) in [5.41, 5.74) is 1.25. The van der Waals surface area contributed by atoms with Crippen molar-refractivity contribution in [1.29, 1.82) is 0 Å². The van der Waals surface area contributed by atoms with E-state index in [0.29, 0.717) is 19.3 Å². The zero-order valence-electron chi connectivity index (χ0n) is 12.8. The zero-order chi connectivity index (χ0) is 14.7. The van der Waals surface area contributed by atoms with Crippen molar-refractivity contribution in [2.24, 2.45) is 5.41 Å². The molecular formula is C17H25NO3. The lowest BCUT2D eigenvalue weighted by atomic mass is 9.86. The highest BCUT2D eigenvalue weighted by Gasteiger charge is 2.41. The van der Waals surface area contributed by atoms with Crippen LogP contribution in [-0.4, -0.2) is 56.1 Å². The molecule has 4 heteroatoms. The maximum Gasteiger partial charge on any atom is 0.122 e. The van der Waals surface area contributed by atoms with Crippen molar-refractivity contribution in [2.75, 3.05) is 40.0 Å². The Balaban J connectivity index is 1.66. The summed E-state index contributed by atoms with van der Waals surface area (Å²) in [5, 5.41) is 9.63. The summed E-state index contributed by atoms with van der Waals surface area (Å²) in [5.74, 6) is 0.980. The molecule has 1 aromatic rings. The minimum absolute atomic E-state index is 0.0244. The monoisotopic (exact) mass is 291 g/mol. The molecule has 0 amide bonds. The third kappa shape index (κ3) is 3.07. The minimum atomic E-state index is -0.0244. The van der Waals surface area contributed by atoms with Crippen molar-refractivity contribution in [3.8, 4) is 5.75 Å². The molecule has 1 N–H and O–H groups in total. The van der Waals surface area contributed by atoms with Gasteiger partial charge in [0.15, 0.2) is 0 Å². The van der Waals surface area contributed by atoms with E-state index in [1.54, 1.807) is 7.11 Å². The van der Waals surface area contributed by atoms with Crippen molar-refractivity contribution >= 4 is 0 Å². The maximum absolute atomic E-state index is 9.63. The smallest absolute Gasteiger partial charge is 0.122 e. The van der Waals surface area contributed by atoms with Gasteiger partial charge in [-0.3, -0.25) is 4.90 Å². The summed E-state index contributed by atoms with van der Waals surface area (Å²) in [4.78, 5) is 2.53. The largest absolute Gasteiger partial charge is 0.496 e. The fourth-order valence-corrected chi connectivity index (χ4v) is 3.51. The van der Waals surface area contributed by atoms with Crippen molar-refractivity contribution in [3.05, 3.63) is 29.8 Å². The number of aliphatic hydroxyl groups is 1. The third-order valence-electron chi connectivity index (χ3n) is 4.84. The topological polar surface area (TPSA) is 41.9 Å². The second-order valence-corrected chi connectivity index (χ2v) is 6.43. The number of hydrogen-bond donors (Lipinski definition) is 1. The predicted octanol–water partition coefficient (Wildman–Crippen LogP) is 1.71. The molecule has 0 saturated carbocycles. The average Bonchev–Trinajstić information content (AvgIpc) is 2.90. The van der Waals surface area contributed by atoms with E-state index in [4.69, 9.17) is 9.47 Å². The Bertz CT molecular complexity index is 467. The first kappa shape index (κ1) is 14.8. The van der Waals surface area contributed by atoms with Gasteiger partial charge >= 0.3 is 0 Å². The molecule has 2 heterocycles. The van der Waals surface area contributed by atoms with E-state index in [0.717, 1.165) is 25.3 Å². The molecule has 0 bridgehead atoms. The molecule has 1 atom stereocenters. The maximum atomic E-state index is 9.63. The molecule has 0 radical (unpaired) electrons. The summed E-state index contributed by atoms with van der Waals surface area (Å²) in [7, 11) is 1.73. The molecule has 116 valence electrons. The number of ether oxygens (including phenoxy) is 2. The van der Waals surface area contributed by atoms with Crippen LogP contribution in [0, 0.1) is 5.41 Å². The Labute approximate surface area is 126 Å². The van der Waals surface area contributed by atoms with Gasteiger partial charge in [0.2, 0.25) is 0 Å². The van der Waals surface area contributed by atoms with Crippen LogP contribution in [0.15, 0.2) is 24.3 Å². The van der Waals surface area contributed by atoms with Gasteiger partial charge in [0, 0.05) is 12.6 Å². The fraction of sp³-hybridized carbons (Fsp3) is 0.647. The highest BCUT2D eigenvalue weighted by molar-refractivity contribution is 5.34. The molecule has 1 unspecified atom stereocenters. The van der Waals surface area contributed by atoms with Crippen LogP contribution in [0.1, 0.15) is 18.4 Å². The van der Waals surface area contributed by atoms with Crippen LogP contribution in [0.4, 0.5) is 0 Å². The highest BCUT2D eigenvalue weighted by atomic mass is 16.5. The van der Waals surface area contributed by atoms with E-state index >= 15 is 0 Å². The van der Waals surface area contributed by atoms with Crippen LogP contribution < -0.4 is 4.74 Å². The van der Waals surface area contributed by atoms with E-state index in [2.05, 4.69) is 17.0 Å². The number of rotatable bonds is 6. The molecule has 2 fully saturated rings. The van der Waals surface area contributed by atoms with E-state index in [1.807, 2.05) is 12.1 Å². The molecule has 2 aliphatic heterocycles. The number of hydrogen-bond acceptors (Lipinski definition) is 4. The average molecular weight is 291 g/mol. The number of para-hydroxylation sites is 1. The molecule has 2 saturated heterocycles. The molecule has 2 aliphatic rings. The van der Waals surface area contributed by atoms with Gasteiger partial charge in [-0.1, -0.05) is 18.2 Å². The van der Waals surface area contributed by atoms with Crippen molar-refractivity contribution in [1.82, 2.24) is 4.90 Å². The SMILES string of the molecule is COc1ccccc1CC1CCCN1CC1(CO)COC1. The second-order valence-electron chi connectivity index (χ2n) is 6.43. The Kier molecular flexibility index (Phi) is 4.48. The van der Waals surface area contributed by atoms with Crippen LogP contribution in [0.5, 0.6) is 5.75 Å². The summed E-state index contributed by atoms with van der Waals surface area (Å²) in [6.07, 6.45) is 3.48. The molecule has 4 nitrogen and oxygen atoms in total. The summed E-state index contributed by atoms with van der Waals surface area (Å²) in [6, 6.07) is 8.82. The molecule has 0 spiro atoms. The number of aliphatic hydroxyl groups excluding tert-OH is 1. The van der Waals surface area contributed by atoms with Crippen LogP contribution in [-0.2, 0) is 11.2 Å². The van der Waals surface area contributed by atoms with Crippen molar-refractivity contribution in [2.45, 2.75) is 25.3 Å². The molecule has 3 rings (SSSR count). The van der Waals surface area contributed by atoms with Crippen LogP contribution in [0.3, 0.4) is 0 Å². The first-order valence-corrected chi connectivity index (χ1v) is 7.81. The van der Waals surface area contributed by atoms with Gasteiger partial charge in [-0.15, -0.1) is 0 Å². The van der Waals surface area contributed by atoms with Gasteiger partial charge in [-0.2, -0.15) is 0 Å². The Morgan fingerprint density at radius 2 is 2.19 bits per heavy atom. The van der Waals surface area contributed by atoms with Gasteiger partial charge in [0.1, 0.15) is 5.75 Å². The van der Waals surface area contributed by atoms with Gasteiger partial charge < -0.3 is 14.6 Å². The Hall–Kier alpha value is -1.10. The minimum Gasteiger partial charge on any atom is -0.496 e. The highest BCUT2D eigenvalue weighted by Crippen LogP contribution is 2.33. The first-order valence-electron chi connectivity index (χ1n) is 7.81. The lowest BCUT2D eigenvalue weighted by Crippen LogP contribution is -2.54. The number of nitrogens with zero attached hydrogens (tertiary/aromatic N) is 1. The summed E-state index contributed by atoms with van der Waals surface area (Å²) < 4.78 is 10.8. The van der Waals surface area contributed by atoms with Gasteiger partial charge in [0.05, 0.1) is 32.3 Å². The first-order chi connectivity index (χ1) is 10.3. The van der Waals surface area contributed by atoms with E-state index in [-0.39, 0.29) is 12.0 Å². The van der Waals surface area contributed by atoms with Crippen LogP contribution >= 0.6 is 0 Å². The standard InChI is InChI=1S/C17H25NO3/c1-20-16-7-3-2-5-14(16)9-15-6-4-8-18(15)10-17(11-19)12-21-13-17/h2-3,5,7,15,19H,4,6,8-13H2,1H3. The predicted molar refractivity (Wildman–Crippen MR) is 81.6 cm³/mol. The van der Waals surface area contributed by atoms with Crippen molar-refractivity contribution in [3.63, 3.8) is 0 Å². The Morgan fingerprint density at radius 1 is 1.38 bits per heavy atom. The fourth-order valence-electron chi connectivity index (χ4n) is 3.51. The zero-order valence-corrected chi connectivity index (χ0v) is 12.8. The molecule has 1 aromatic carbocycles. The Morgan fingerprint density at radius 3 is 2.86 bits per heavy atom. The lowest BCUT2D eigenvalue weighted by Gasteiger charge is -2.43. The van der Waals surface area contributed by atoms with Crippen LogP contribution in [0.2, 0.25) is 0 Å². The van der Waals surface area contributed by atoms with Gasteiger partial charge in [-0.25, -0.2) is 0 Å². The second kappa shape index (κ2) is 6.34. The molecule has 21 heavy (non-hydrogen) atoms. The summed E-state index contributed by atoms with van der Waals surface area (Å²) >= 11 is 0. The number of likely N-dealkylation sites (tertiary alicyclic amines) is 1. The van der Waals surface area contributed by atoms with E-state index < -0.39 is 0 Å². The van der Waals surface area contributed by atoms with Crippen molar-refractivity contribution < 1.29 is 14.6 Å². The normalized spacial score (nSPS) is 24.8. The quantitative estimate of drug-likeness (QED) is 0.866. The van der Waals surface area contributed by atoms with Gasteiger partial charge in [-0.05, 0) is 37.4 Å². The van der Waals surface area contributed by atoms with Crippen LogP contribution in [0.25, 0.3) is 0 Å². The molecular weight excluding hydrogens is 266 g/mol. The van der Waals surface area contributed by atoms with E-state index in [1.165, 1.54) is 18.4 Å². The molecule has 0 aliphatic carbocycles. The summed E-state index contributed by atoms with van der Waals surface area (Å²) in [6.45, 7) is 3.69. The third-order valence-corrected chi connectivity index (χ3v) is 4.84.